The molecule has 2 amide bonds. The van der Waals surface area contributed by atoms with Crippen LogP contribution >= 0.6 is 0 Å². The van der Waals surface area contributed by atoms with Gasteiger partial charge in [-0.15, -0.1) is 0 Å². The molecule has 1 saturated carbocycles. The van der Waals surface area contributed by atoms with E-state index >= 15 is 0 Å². The number of unbranched alkanes of at least 4 members (excludes halogenated alkanes) is 7. The molecule has 2 rings (SSSR count). The maximum absolute atomic E-state index is 12.6. The van der Waals surface area contributed by atoms with Crippen molar-refractivity contribution < 1.29 is 19.4 Å². The Hall–Kier alpha value is -2.24. The number of rotatable bonds is 13. The third kappa shape index (κ3) is 10.4. The summed E-state index contributed by atoms with van der Waals surface area (Å²) >= 11 is 0. The van der Waals surface area contributed by atoms with Crippen molar-refractivity contribution in [3.63, 3.8) is 0 Å². The second kappa shape index (κ2) is 13.6. The summed E-state index contributed by atoms with van der Waals surface area (Å²) in [5.41, 5.74) is 0.859. The van der Waals surface area contributed by atoms with Crippen molar-refractivity contribution in [3.05, 3.63) is 29.8 Å². The SMILES string of the molecule is CCCCCCCCCCc1ccccc1OC(=O)NCC1(C)CC(NC(=O)O)CC(C)(C)C1. The first-order valence-corrected chi connectivity index (χ1v) is 13.2. The van der Waals surface area contributed by atoms with Gasteiger partial charge in [0.05, 0.1) is 0 Å². The third-order valence-electron chi connectivity index (χ3n) is 6.91. The van der Waals surface area contributed by atoms with E-state index in [9.17, 15) is 9.59 Å². The Morgan fingerprint density at radius 2 is 1.65 bits per heavy atom. The van der Waals surface area contributed by atoms with Crippen LogP contribution in [0.25, 0.3) is 0 Å². The van der Waals surface area contributed by atoms with Gasteiger partial charge in [-0.3, -0.25) is 0 Å². The second-order valence-electron chi connectivity index (χ2n) is 11.3. The minimum Gasteiger partial charge on any atom is -0.465 e. The van der Waals surface area contributed by atoms with E-state index < -0.39 is 12.2 Å². The van der Waals surface area contributed by atoms with Gasteiger partial charge >= 0.3 is 12.2 Å². The molecular formula is C28H46N2O4. The highest BCUT2D eigenvalue weighted by Crippen LogP contribution is 2.45. The van der Waals surface area contributed by atoms with Crippen molar-refractivity contribution >= 4 is 12.2 Å². The van der Waals surface area contributed by atoms with E-state index in [-0.39, 0.29) is 16.9 Å². The zero-order valence-corrected chi connectivity index (χ0v) is 21.8. The standard InChI is InChI=1S/C28H46N2O4/c1-5-6-7-8-9-10-11-12-15-22-16-13-14-17-24(22)34-26(33)29-21-28(4)19-23(30-25(31)32)18-27(2,3)20-28/h13-14,16-17,23,30H,5-12,15,18-21H2,1-4H3,(H,29,33)(H,31,32). The van der Waals surface area contributed by atoms with Crippen LogP contribution in [-0.4, -0.2) is 29.9 Å². The van der Waals surface area contributed by atoms with Crippen LogP contribution in [0.2, 0.25) is 0 Å². The number of carbonyl (C=O) groups is 2. The lowest BCUT2D eigenvalue weighted by Crippen LogP contribution is -2.50. The van der Waals surface area contributed by atoms with Crippen LogP contribution < -0.4 is 15.4 Å². The van der Waals surface area contributed by atoms with E-state index in [0.717, 1.165) is 31.2 Å². The average molecular weight is 475 g/mol. The molecule has 1 fully saturated rings. The largest absolute Gasteiger partial charge is 0.465 e. The Bertz CT molecular complexity index is 779. The quantitative estimate of drug-likeness (QED) is 0.262. The normalized spacial score (nSPS) is 21.6. The molecule has 34 heavy (non-hydrogen) atoms. The van der Waals surface area contributed by atoms with Crippen LogP contribution in [0.1, 0.15) is 104 Å². The summed E-state index contributed by atoms with van der Waals surface area (Å²) in [6, 6.07) is 7.67. The number of para-hydroxylation sites is 1. The van der Waals surface area contributed by atoms with E-state index in [1.165, 1.54) is 44.9 Å². The van der Waals surface area contributed by atoms with Crippen LogP contribution in [0.15, 0.2) is 24.3 Å². The molecule has 1 aromatic rings. The molecule has 0 aliphatic heterocycles. The summed E-state index contributed by atoms with van der Waals surface area (Å²) in [7, 11) is 0. The highest BCUT2D eigenvalue weighted by Gasteiger charge is 2.42. The molecule has 2 atom stereocenters. The van der Waals surface area contributed by atoms with Crippen molar-refractivity contribution in [1.29, 1.82) is 0 Å². The summed E-state index contributed by atoms with van der Waals surface area (Å²) in [6.45, 7) is 9.11. The Labute approximate surface area is 206 Å². The molecule has 6 heteroatoms. The zero-order chi connectivity index (χ0) is 25.0. The second-order valence-corrected chi connectivity index (χ2v) is 11.3. The minimum absolute atomic E-state index is 0.00565. The van der Waals surface area contributed by atoms with Gasteiger partial charge in [0, 0.05) is 12.6 Å². The molecule has 0 spiro atoms. The van der Waals surface area contributed by atoms with E-state index in [2.05, 4.69) is 38.3 Å². The van der Waals surface area contributed by atoms with Gasteiger partial charge in [0.1, 0.15) is 5.75 Å². The predicted molar refractivity (Wildman–Crippen MR) is 137 cm³/mol. The Balaban J connectivity index is 1.81. The van der Waals surface area contributed by atoms with E-state index in [1.807, 2.05) is 24.3 Å². The first-order valence-electron chi connectivity index (χ1n) is 13.2. The number of nitrogens with one attached hydrogen (secondary N) is 2. The van der Waals surface area contributed by atoms with Crippen molar-refractivity contribution in [2.24, 2.45) is 10.8 Å². The summed E-state index contributed by atoms with van der Waals surface area (Å²) in [4.78, 5) is 23.8. The number of hydrogen-bond acceptors (Lipinski definition) is 3. The van der Waals surface area contributed by atoms with Crippen molar-refractivity contribution in [2.45, 2.75) is 111 Å². The van der Waals surface area contributed by atoms with Gasteiger partial charge in [0.15, 0.2) is 0 Å². The van der Waals surface area contributed by atoms with E-state index in [1.54, 1.807) is 0 Å². The van der Waals surface area contributed by atoms with Crippen LogP contribution in [0.5, 0.6) is 5.75 Å². The lowest BCUT2D eigenvalue weighted by Gasteiger charge is -2.46. The molecule has 0 bridgehead atoms. The Kier molecular flexibility index (Phi) is 11.2. The number of aryl methyl sites for hydroxylation is 1. The third-order valence-corrected chi connectivity index (χ3v) is 6.91. The fourth-order valence-electron chi connectivity index (χ4n) is 5.73. The maximum atomic E-state index is 12.6. The van der Waals surface area contributed by atoms with Gasteiger partial charge in [-0.05, 0) is 54.6 Å². The van der Waals surface area contributed by atoms with Crippen molar-refractivity contribution in [3.8, 4) is 5.75 Å². The molecule has 192 valence electrons. The average Bonchev–Trinajstić information content (AvgIpc) is 2.73. The molecule has 1 aliphatic rings. The number of ether oxygens (including phenoxy) is 1. The molecule has 1 aliphatic carbocycles. The lowest BCUT2D eigenvalue weighted by atomic mass is 9.62. The van der Waals surface area contributed by atoms with Gasteiger partial charge in [0.2, 0.25) is 0 Å². The predicted octanol–water partition coefficient (Wildman–Crippen LogP) is 7.31. The molecule has 2 unspecified atom stereocenters. The molecule has 0 radical (unpaired) electrons. The number of carbonyl (C=O) groups excluding carboxylic acids is 1. The summed E-state index contributed by atoms with van der Waals surface area (Å²) in [6.07, 6.45) is 12.0. The van der Waals surface area contributed by atoms with Crippen molar-refractivity contribution in [1.82, 2.24) is 10.6 Å². The molecule has 6 nitrogen and oxygen atoms in total. The lowest BCUT2D eigenvalue weighted by molar-refractivity contribution is 0.0695. The van der Waals surface area contributed by atoms with Crippen LogP contribution in [0.3, 0.4) is 0 Å². The van der Waals surface area contributed by atoms with Crippen LogP contribution in [-0.2, 0) is 6.42 Å². The Morgan fingerprint density at radius 3 is 2.32 bits per heavy atom. The molecule has 0 aromatic heterocycles. The topological polar surface area (TPSA) is 87.7 Å². The van der Waals surface area contributed by atoms with Gasteiger partial charge in [-0.25, -0.2) is 9.59 Å². The van der Waals surface area contributed by atoms with Gasteiger partial charge in [-0.2, -0.15) is 0 Å². The summed E-state index contributed by atoms with van der Waals surface area (Å²) in [5.74, 6) is 0.627. The van der Waals surface area contributed by atoms with Crippen LogP contribution in [0, 0.1) is 10.8 Å². The fourth-order valence-corrected chi connectivity index (χ4v) is 5.73. The highest BCUT2D eigenvalue weighted by molar-refractivity contribution is 5.71. The first kappa shape index (κ1) is 28.0. The Morgan fingerprint density at radius 1 is 1.00 bits per heavy atom. The molecule has 0 saturated heterocycles. The summed E-state index contributed by atoms with van der Waals surface area (Å²) in [5, 5.41) is 14.7. The van der Waals surface area contributed by atoms with Crippen LogP contribution in [0.4, 0.5) is 9.59 Å². The van der Waals surface area contributed by atoms with Gasteiger partial charge in [0.25, 0.3) is 0 Å². The zero-order valence-electron chi connectivity index (χ0n) is 21.8. The molecular weight excluding hydrogens is 428 g/mol. The van der Waals surface area contributed by atoms with E-state index in [4.69, 9.17) is 9.84 Å². The van der Waals surface area contributed by atoms with Gasteiger partial charge in [-0.1, -0.05) is 90.8 Å². The molecule has 3 N–H and O–H groups in total. The fraction of sp³-hybridized carbons (Fsp3) is 0.714. The smallest absolute Gasteiger partial charge is 0.412 e. The number of hydrogen-bond donors (Lipinski definition) is 3. The summed E-state index contributed by atoms with van der Waals surface area (Å²) < 4.78 is 5.69. The number of benzene rings is 1. The maximum Gasteiger partial charge on any atom is 0.412 e. The monoisotopic (exact) mass is 474 g/mol. The first-order chi connectivity index (χ1) is 16.1. The van der Waals surface area contributed by atoms with Gasteiger partial charge < -0.3 is 20.5 Å². The van der Waals surface area contributed by atoms with Crippen molar-refractivity contribution in [2.75, 3.05) is 6.54 Å². The molecule has 1 aromatic carbocycles. The van der Waals surface area contributed by atoms with E-state index in [0.29, 0.717) is 18.7 Å². The minimum atomic E-state index is -0.995. The highest BCUT2D eigenvalue weighted by atomic mass is 16.6. The molecule has 0 heterocycles. The number of carboxylic acid groups (broad SMARTS) is 1. The number of amides is 2.